The maximum atomic E-state index is 12.0. The lowest BCUT2D eigenvalue weighted by Gasteiger charge is -2.30. The van der Waals surface area contributed by atoms with E-state index in [4.69, 9.17) is 0 Å². The highest BCUT2D eigenvalue weighted by molar-refractivity contribution is 5.76. The van der Waals surface area contributed by atoms with E-state index >= 15 is 0 Å². The number of rotatable bonds is 5. The number of nitrogens with one attached hydrogen (secondary N) is 1. The van der Waals surface area contributed by atoms with Gasteiger partial charge in [0, 0.05) is 37.3 Å². The van der Waals surface area contributed by atoms with Crippen LogP contribution in [0.2, 0.25) is 0 Å². The van der Waals surface area contributed by atoms with Crippen LogP contribution in [0.4, 0.5) is 0 Å². The predicted octanol–water partition coefficient (Wildman–Crippen LogP) is 1.99. The number of H-pyrrole nitrogens is 1. The van der Waals surface area contributed by atoms with E-state index in [-0.39, 0.29) is 18.0 Å². The summed E-state index contributed by atoms with van der Waals surface area (Å²) in [5, 5.41) is 0. The van der Waals surface area contributed by atoms with E-state index in [9.17, 15) is 4.79 Å². The van der Waals surface area contributed by atoms with Gasteiger partial charge in [-0.1, -0.05) is 0 Å². The lowest BCUT2D eigenvalue weighted by Crippen LogP contribution is -2.42. The normalized spacial score (nSPS) is 11.1. The van der Waals surface area contributed by atoms with Crippen LogP contribution in [0.25, 0.3) is 0 Å². The van der Waals surface area contributed by atoms with Crippen molar-refractivity contribution in [1.29, 1.82) is 0 Å². The highest BCUT2D eigenvalue weighted by atomic mass is 16.2. The highest BCUT2D eigenvalue weighted by Crippen LogP contribution is 2.09. The average molecular weight is 223 g/mol. The van der Waals surface area contributed by atoms with Gasteiger partial charge in [0.1, 0.15) is 5.82 Å². The summed E-state index contributed by atoms with van der Waals surface area (Å²) in [6.07, 6.45) is 4.69. The Labute approximate surface area is 97.1 Å². The maximum Gasteiger partial charge on any atom is 0.223 e. The molecular formula is C12H21N3O. The molecule has 0 saturated heterocycles. The monoisotopic (exact) mass is 223 g/mol. The number of carbonyl (C=O) groups is 1. The van der Waals surface area contributed by atoms with Crippen molar-refractivity contribution >= 4 is 5.91 Å². The molecule has 1 N–H and O–H groups in total. The minimum Gasteiger partial charge on any atom is -0.349 e. The van der Waals surface area contributed by atoms with Crippen molar-refractivity contribution in [2.45, 2.75) is 52.6 Å². The second kappa shape index (κ2) is 5.68. The molecule has 0 bridgehead atoms. The Morgan fingerprint density at radius 2 is 2.00 bits per heavy atom. The number of carbonyl (C=O) groups excluding carboxylic acids is 1. The molecule has 0 saturated carbocycles. The van der Waals surface area contributed by atoms with Gasteiger partial charge >= 0.3 is 0 Å². The molecule has 1 amide bonds. The first kappa shape index (κ1) is 12.7. The summed E-state index contributed by atoms with van der Waals surface area (Å²) in [6, 6.07) is 0.508. The highest BCUT2D eigenvalue weighted by Gasteiger charge is 2.19. The van der Waals surface area contributed by atoms with Crippen LogP contribution in [0.15, 0.2) is 12.4 Å². The van der Waals surface area contributed by atoms with Crippen LogP contribution in [0.1, 0.15) is 39.9 Å². The SMILES string of the molecule is CC(C)N(C(=O)CCc1ncc[nH]1)C(C)C. The summed E-state index contributed by atoms with van der Waals surface area (Å²) < 4.78 is 0. The first-order chi connectivity index (χ1) is 7.52. The number of imidazole rings is 1. The van der Waals surface area contributed by atoms with Gasteiger partial charge < -0.3 is 9.88 Å². The lowest BCUT2D eigenvalue weighted by molar-refractivity contribution is -0.134. The smallest absolute Gasteiger partial charge is 0.223 e. The second-order valence-electron chi connectivity index (χ2n) is 4.52. The van der Waals surface area contributed by atoms with E-state index < -0.39 is 0 Å². The van der Waals surface area contributed by atoms with Crippen molar-refractivity contribution in [3.63, 3.8) is 0 Å². The molecule has 16 heavy (non-hydrogen) atoms. The van der Waals surface area contributed by atoms with Gasteiger partial charge in [0.25, 0.3) is 0 Å². The number of aryl methyl sites for hydroxylation is 1. The third-order valence-electron chi connectivity index (χ3n) is 2.53. The quantitative estimate of drug-likeness (QED) is 0.830. The van der Waals surface area contributed by atoms with E-state index in [1.165, 1.54) is 0 Å². The van der Waals surface area contributed by atoms with Crippen molar-refractivity contribution in [3.05, 3.63) is 18.2 Å². The Morgan fingerprint density at radius 1 is 1.38 bits per heavy atom. The van der Waals surface area contributed by atoms with Crippen LogP contribution in [-0.2, 0) is 11.2 Å². The van der Waals surface area contributed by atoms with Crippen molar-refractivity contribution in [3.8, 4) is 0 Å². The van der Waals surface area contributed by atoms with Gasteiger partial charge in [-0.05, 0) is 27.7 Å². The number of hydrogen-bond donors (Lipinski definition) is 1. The molecule has 0 spiro atoms. The molecule has 1 rings (SSSR count). The summed E-state index contributed by atoms with van der Waals surface area (Å²) in [6.45, 7) is 8.19. The molecular weight excluding hydrogens is 202 g/mol. The van der Waals surface area contributed by atoms with Gasteiger partial charge in [-0.25, -0.2) is 4.98 Å². The van der Waals surface area contributed by atoms with Crippen LogP contribution in [0.5, 0.6) is 0 Å². The Hall–Kier alpha value is -1.32. The van der Waals surface area contributed by atoms with Crippen molar-refractivity contribution in [2.24, 2.45) is 0 Å². The minimum atomic E-state index is 0.196. The zero-order valence-electron chi connectivity index (χ0n) is 10.5. The van der Waals surface area contributed by atoms with E-state index in [1.807, 2.05) is 32.6 Å². The van der Waals surface area contributed by atoms with Crippen molar-refractivity contribution in [2.75, 3.05) is 0 Å². The standard InChI is InChI=1S/C12H21N3O/c1-9(2)15(10(3)4)12(16)6-5-11-13-7-8-14-11/h7-10H,5-6H2,1-4H3,(H,13,14). The topological polar surface area (TPSA) is 49.0 Å². The van der Waals surface area contributed by atoms with Crippen LogP contribution in [0.3, 0.4) is 0 Å². The molecule has 0 fully saturated rings. The third-order valence-corrected chi connectivity index (χ3v) is 2.53. The van der Waals surface area contributed by atoms with E-state index in [0.717, 1.165) is 5.82 Å². The molecule has 0 aliphatic rings. The molecule has 4 nitrogen and oxygen atoms in total. The molecule has 1 aromatic rings. The summed E-state index contributed by atoms with van der Waals surface area (Å²) in [7, 11) is 0. The van der Waals surface area contributed by atoms with Crippen molar-refractivity contribution in [1.82, 2.24) is 14.9 Å². The van der Waals surface area contributed by atoms with Gasteiger partial charge in [0.15, 0.2) is 0 Å². The molecule has 90 valence electrons. The molecule has 0 aromatic carbocycles. The van der Waals surface area contributed by atoms with E-state index in [2.05, 4.69) is 9.97 Å². The number of hydrogen-bond acceptors (Lipinski definition) is 2. The fourth-order valence-corrected chi connectivity index (χ4v) is 1.96. The second-order valence-corrected chi connectivity index (χ2v) is 4.52. The number of nitrogens with zero attached hydrogens (tertiary/aromatic N) is 2. The van der Waals surface area contributed by atoms with Crippen LogP contribution >= 0.6 is 0 Å². The van der Waals surface area contributed by atoms with Crippen LogP contribution in [-0.4, -0.2) is 32.9 Å². The van der Waals surface area contributed by atoms with Crippen LogP contribution in [0, 0.1) is 0 Å². The molecule has 0 unspecified atom stereocenters. The first-order valence-corrected chi connectivity index (χ1v) is 5.81. The molecule has 0 aliphatic carbocycles. The van der Waals surface area contributed by atoms with Crippen molar-refractivity contribution < 1.29 is 4.79 Å². The Bertz CT molecular complexity index is 309. The number of aromatic nitrogens is 2. The van der Waals surface area contributed by atoms with Gasteiger partial charge in [-0.15, -0.1) is 0 Å². The first-order valence-electron chi connectivity index (χ1n) is 5.81. The number of aromatic amines is 1. The molecule has 0 atom stereocenters. The van der Waals surface area contributed by atoms with Gasteiger partial charge in [0.05, 0.1) is 0 Å². The molecule has 0 aliphatic heterocycles. The Balaban J connectivity index is 2.50. The molecule has 1 heterocycles. The summed E-state index contributed by atoms with van der Waals surface area (Å²) in [5.41, 5.74) is 0. The Morgan fingerprint density at radius 3 is 2.44 bits per heavy atom. The van der Waals surface area contributed by atoms with E-state index in [1.54, 1.807) is 12.4 Å². The Kier molecular flexibility index (Phi) is 4.52. The largest absolute Gasteiger partial charge is 0.349 e. The zero-order valence-corrected chi connectivity index (χ0v) is 10.5. The third kappa shape index (κ3) is 3.36. The average Bonchev–Trinajstić information content (AvgIpc) is 2.65. The van der Waals surface area contributed by atoms with E-state index in [0.29, 0.717) is 12.8 Å². The number of amides is 1. The maximum absolute atomic E-state index is 12.0. The summed E-state index contributed by atoms with van der Waals surface area (Å²) in [4.78, 5) is 21.0. The summed E-state index contributed by atoms with van der Waals surface area (Å²) in [5.74, 6) is 1.07. The molecule has 0 radical (unpaired) electrons. The van der Waals surface area contributed by atoms with Gasteiger partial charge in [-0.2, -0.15) is 0 Å². The van der Waals surface area contributed by atoms with Gasteiger partial charge in [-0.3, -0.25) is 4.79 Å². The lowest BCUT2D eigenvalue weighted by atomic mass is 10.2. The minimum absolute atomic E-state index is 0.196. The predicted molar refractivity (Wildman–Crippen MR) is 64.0 cm³/mol. The van der Waals surface area contributed by atoms with Crippen LogP contribution < -0.4 is 0 Å². The zero-order chi connectivity index (χ0) is 12.1. The fraction of sp³-hybridized carbons (Fsp3) is 0.667. The molecule has 4 heteroatoms. The van der Waals surface area contributed by atoms with Gasteiger partial charge in [0.2, 0.25) is 5.91 Å². The molecule has 1 aromatic heterocycles. The summed E-state index contributed by atoms with van der Waals surface area (Å²) >= 11 is 0. The fourth-order valence-electron chi connectivity index (χ4n) is 1.96.